The van der Waals surface area contributed by atoms with E-state index < -0.39 is 0 Å². The van der Waals surface area contributed by atoms with Crippen molar-refractivity contribution in [2.75, 3.05) is 21.3 Å². The van der Waals surface area contributed by atoms with E-state index in [-0.39, 0.29) is 5.91 Å². The summed E-state index contributed by atoms with van der Waals surface area (Å²) in [5, 5.41) is 0. The summed E-state index contributed by atoms with van der Waals surface area (Å²) in [7, 11) is 5.01. The summed E-state index contributed by atoms with van der Waals surface area (Å²) in [6.45, 7) is 3.10. The molecular formula is C17H23N3O3. The van der Waals surface area contributed by atoms with Gasteiger partial charge in [-0.25, -0.2) is 4.98 Å². The van der Waals surface area contributed by atoms with Crippen molar-refractivity contribution in [3.8, 4) is 11.5 Å². The Morgan fingerprint density at radius 1 is 1.26 bits per heavy atom. The van der Waals surface area contributed by atoms with Crippen LogP contribution in [0, 0.1) is 6.92 Å². The molecule has 0 saturated carbocycles. The summed E-state index contributed by atoms with van der Waals surface area (Å²) >= 11 is 0. The number of ether oxygens (including phenoxy) is 2. The van der Waals surface area contributed by atoms with E-state index >= 15 is 0 Å². The van der Waals surface area contributed by atoms with Gasteiger partial charge in [-0.05, 0) is 24.6 Å². The number of carbonyl (C=O) groups is 1. The number of amides is 1. The molecule has 124 valence electrons. The van der Waals surface area contributed by atoms with Crippen LogP contribution < -0.4 is 9.47 Å². The Balaban J connectivity index is 1.94. The third-order valence-corrected chi connectivity index (χ3v) is 3.78. The minimum Gasteiger partial charge on any atom is -0.493 e. The first kappa shape index (κ1) is 16.9. The maximum Gasteiger partial charge on any atom is 0.224 e. The van der Waals surface area contributed by atoms with E-state index in [2.05, 4.69) is 4.98 Å². The van der Waals surface area contributed by atoms with Gasteiger partial charge in [-0.3, -0.25) is 4.79 Å². The fourth-order valence-corrected chi connectivity index (χ4v) is 2.39. The Morgan fingerprint density at radius 3 is 2.61 bits per heavy atom. The van der Waals surface area contributed by atoms with Gasteiger partial charge < -0.3 is 18.9 Å². The molecule has 1 aromatic carbocycles. The normalized spacial score (nSPS) is 10.4. The lowest BCUT2D eigenvalue weighted by Gasteiger charge is -2.18. The zero-order valence-electron chi connectivity index (χ0n) is 14.1. The molecule has 0 radical (unpaired) electrons. The second-order valence-electron chi connectivity index (χ2n) is 5.36. The molecule has 6 nitrogen and oxygen atoms in total. The van der Waals surface area contributed by atoms with Crippen LogP contribution in [0.15, 0.2) is 30.6 Å². The first-order valence-corrected chi connectivity index (χ1v) is 7.47. The first-order valence-electron chi connectivity index (χ1n) is 7.47. The molecule has 0 atom stereocenters. The van der Waals surface area contributed by atoms with Crippen LogP contribution in [-0.4, -0.2) is 41.6 Å². The van der Waals surface area contributed by atoms with E-state index in [0.29, 0.717) is 31.0 Å². The molecule has 1 amide bonds. The number of aromatic nitrogens is 2. The molecular weight excluding hydrogens is 294 g/mol. The van der Waals surface area contributed by atoms with Crippen LogP contribution in [0.3, 0.4) is 0 Å². The number of rotatable bonds is 7. The molecule has 6 heteroatoms. The van der Waals surface area contributed by atoms with Gasteiger partial charge in [0, 0.05) is 39.0 Å². The smallest absolute Gasteiger partial charge is 0.224 e. The van der Waals surface area contributed by atoms with E-state index in [0.717, 1.165) is 11.4 Å². The third-order valence-electron chi connectivity index (χ3n) is 3.78. The zero-order valence-corrected chi connectivity index (χ0v) is 14.1. The number of methoxy groups -OCH3 is 2. The summed E-state index contributed by atoms with van der Waals surface area (Å²) < 4.78 is 12.5. The van der Waals surface area contributed by atoms with Crippen LogP contribution in [0.1, 0.15) is 17.8 Å². The Labute approximate surface area is 136 Å². The van der Waals surface area contributed by atoms with Crippen molar-refractivity contribution in [2.45, 2.75) is 26.4 Å². The first-order chi connectivity index (χ1) is 11.0. The highest BCUT2D eigenvalue weighted by molar-refractivity contribution is 5.75. The topological polar surface area (TPSA) is 56.6 Å². The molecule has 0 aliphatic carbocycles. The molecule has 1 heterocycles. The predicted molar refractivity (Wildman–Crippen MR) is 87.6 cm³/mol. The van der Waals surface area contributed by atoms with Gasteiger partial charge in [0.2, 0.25) is 5.91 Å². The Kier molecular flexibility index (Phi) is 5.62. The van der Waals surface area contributed by atoms with E-state index in [1.165, 1.54) is 0 Å². The quantitative estimate of drug-likeness (QED) is 0.786. The lowest BCUT2D eigenvalue weighted by atomic mass is 10.2. The second kappa shape index (κ2) is 7.67. The standard InChI is InChI=1S/C17H23N3O3/c1-13-18-8-10-20(13)9-7-17(21)19(2)12-14-5-6-15(22-3)16(11-14)23-4/h5-6,8,10-11H,7,9,12H2,1-4H3. The van der Waals surface area contributed by atoms with E-state index in [1.54, 1.807) is 32.4 Å². The summed E-state index contributed by atoms with van der Waals surface area (Å²) in [4.78, 5) is 18.1. The van der Waals surface area contributed by atoms with Gasteiger partial charge in [0.05, 0.1) is 14.2 Å². The maximum absolute atomic E-state index is 12.3. The highest BCUT2D eigenvalue weighted by atomic mass is 16.5. The molecule has 0 aliphatic rings. The number of carbonyl (C=O) groups excluding carboxylic acids is 1. The van der Waals surface area contributed by atoms with E-state index in [1.807, 2.05) is 35.9 Å². The molecule has 0 N–H and O–H groups in total. The fraction of sp³-hybridized carbons (Fsp3) is 0.412. The van der Waals surface area contributed by atoms with Gasteiger partial charge >= 0.3 is 0 Å². The number of imidazole rings is 1. The minimum absolute atomic E-state index is 0.0906. The average molecular weight is 317 g/mol. The lowest BCUT2D eigenvalue weighted by Crippen LogP contribution is -2.27. The number of aryl methyl sites for hydroxylation is 2. The van der Waals surface area contributed by atoms with Crippen LogP contribution >= 0.6 is 0 Å². The van der Waals surface area contributed by atoms with Crippen molar-refractivity contribution < 1.29 is 14.3 Å². The maximum atomic E-state index is 12.3. The van der Waals surface area contributed by atoms with Crippen LogP contribution in [-0.2, 0) is 17.9 Å². The largest absolute Gasteiger partial charge is 0.493 e. The Morgan fingerprint density at radius 2 is 2.00 bits per heavy atom. The Hall–Kier alpha value is -2.50. The molecule has 2 rings (SSSR count). The molecule has 2 aromatic rings. The highest BCUT2D eigenvalue weighted by Gasteiger charge is 2.12. The molecule has 0 unspecified atom stereocenters. The minimum atomic E-state index is 0.0906. The summed E-state index contributed by atoms with van der Waals surface area (Å²) in [5.41, 5.74) is 0.998. The zero-order chi connectivity index (χ0) is 16.8. The van der Waals surface area contributed by atoms with Crippen LogP contribution in [0.2, 0.25) is 0 Å². The molecule has 0 bridgehead atoms. The number of benzene rings is 1. The van der Waals surface area contributed by atoms with Gasteiger partial charge in [0.25, 0.3) is 0 Å². The monoisotopic (exact) mass is 317 g/mol. The Bertz CT molecular complexity index is 667. The summed E-state index contributed by atoms with van der Waals surface area (Å²) in [6.07, 6.45) is 4.07. The van der Waals surface area contributed by atoms with Crippen molar-refractivity contribution in [3.63, 3.8) is 0 Å². The fourth-order valence-electron chi connectivity index (χ4n) is 2.39. The SMILES string of the molecule is COc1ccc(CN(C)C(=O)CCn2ccnc2C)cc1OC. The van der Waals surface area contributed by atoms with Crippen LogP contribution in [0.4, 0.5) is 0 Å². The molecule has 1 aromatic heterocycles. The predicted octanol–water partition coefficient (Wildman–Crippen LogP) is 2.26. The summed E-state index contributed by atoms with van der Waals surface area (Å²) in [5.74, 6) is 2.36. The second-order valence-corrected chi connectivity index (χ2v) is 5.36. The van der Waals surface area contributed by atoms with Gasteiger partial charge in [0.15, 0.2) is 11.5 Å². The van der Waals surface area contributed by atoms with Crippen LogP contribution in [0.5, 0.6) is 11.5 Å². The molecule has 23 heavy (non-hydrogen) atoms. The van der Waals surface area contributed by atoms with E-state index in [9.17, 15) is 4.79 Å². The number of hydrogen-bond acceptors (Lipinski definition) is 4. The molecule has 0 fully saturated rings. The van der Waals surface area contributed by atoms with Crippen molar-refractivity contribution in [1.29, 1.82) is 0 Å². The summed E-state index contributed by atoms with van der Waals surface area (Å²) in [6, 6.07) is 5.68. The highest BCUT2D eigenvalue weighted by Crippen LogP contribution is 2.27. The molecule has 0 spiro atoms. The molecule has 0 saturated heterocycles. The lowest BCUT2D eigenvalue weighted by molar-refractivity contribution is -0.130. The van der Waals surface area contributed by atoms with Crippen molar-refractivity contribution in [2.24, 2.45) is 0 Å². The van der Waals surface area contributed by atoms with Gasteiger partial charge in [-0.1, -0.05) is 6.07 Å². The van der Waals surface area contributed by atoms with Gasteiger partial charge in [0.1, 0.15) is 5.82 Å². The van der Waals surface area contributed by atoms with Crippen molar-refractivity contribution >= 4 is 5.91 Å². The van der Waals surface area contributed by atoms with Crippen LogP contribution in [0.25, 0.3) is 0 Å². The third kappa shape index (κ3) is 4.25. The van der Waals surface area contributed by atoms with E-state index in [4.69, 9.17) is 9.47 Å². The van der Waals surface area contributed by atoms with Crippen molar-refractivity contribution in [3.05, 3.63) is 42.0 Å². The van der Waals surface area contributed by atoms with Gasteiger partial charge in [-0.2, -0.15) is 0 Å². The average Bonchev–Trinajstić information content (AvgIpc) is 2.97. The van der Waals surface area contributed by atoms with Gasteiger partial charge in [-0.15, -0.1) is 0 Å². The number of hydrogen-bond donors (Lipinski definition) is 0. The molecule has 0 aliphatic heterocycles. The number of nitrogens with zero attached hydrogens (tertiary/aromatic N) is 3. The van der Waals surface area contributed by atoms with Crippen molar-refractivity contribution in [1.82, 2.24) is 14.5 Å².